The Morgan fingerprint density at radius 1 is 1.21 bits per heavy atom. The van der Waals surface area contributed by atoms with Crippen molar-refractivity contribution in [1.82, 2.24) is 4.57 Å². The van der Waals surface area contributed by atoms with E-state index in [-0.39, 0.29) is 12.7 Å². The van der Waals surface area contributed by atoms with Crippen LogP contribution in [0.4, 0.5) is 5.69 Å². The maximum atomic E-state index is 10.8. The zero-order valence-corrected chi connectivity index (χ0v) is 16.3. The van der Waals surface area contributed by atoms with Gasteiger partial charge in [-0.25, -0.2) is 0 Å². The zero-order chi connectivity index (χ0) is 19.3. The highest BCUT2D eigenvalue weighted by Gasteiger charge is 2.19. The van der Waals surface area contributed by atoms with E-state index in [0.717, 1.165) is 28.3 Å². The summed E-state index contributed by atoms with van der Waals surface area (Å²) in [5.41, 5.74) is 3.44. The van der Waals surface area contributed by atoms with Crippen molar-refractivity contribution in [2.75, 3.05) is 13.9 Å². The minimum absolute atomic E-state index is 0.0803. The van der Waals surface area contributed by atoms with Gasteiger partial charge in [-0.15, -0.1) is 11.3 Å². The number of aliphatic imine (C=N–C) groups is 1. The first-order chi connectivity index (χ1) is 13.6. The van der Waals surface area contributed by atoms with Crippen LogP contribution in [0.1, 0.15) is 10.4 Å². The van der Waals surface area contributed by atoms with Crippen LogP contribution in [0.2, 0.25) is 0 Å². The second kappa shape index (κ2) is 6.50. The van der Waals surface area contributed by atoms with Crippen molar-refractivity contribution in [2.24, 2.45) is 4.99 Å². The molecular weight excluding hydrogens is 396 g/mol. The van der Waals surface area contributed by atoms with E-state index in [1.54, 1.807) is 24.0 Å². The maximum absolute atomic E-state index is 10.8. The third-order valence-corrected chi connectivity index (χ3v) is 5.88. The smallest absolute Gasteiger partial charge is 0.231 e. The number of hydrogen-bond donors (Lipinski definition) is 1. The molecule has 2 aromatic carbocycles. The first-order valence-electron chi connectivity index (χ1n) is 8.43. The maximum Gasteiger partial charge on any atom is 0.231 e. The molecule has 3 aromatic rings. The largest absolute Gasteiger partial charge is 0.497 e. The second-order valence-corrected chi connectivity index (χ2v) is 7.85. The van der Waals surface area contributed by atoms with Gasteiger partial charge in [0.1, 0.15) is 5.75 Å². The zero-order valence-electron chi connectivity index (χ0n) is 14.7. The molecule has 0 amide bonds. The molecule has 0 aliphatic carbocycles. The Morgan fingerprint density at radius 2 is 2.07 bits per heavy atom. The highest BCUT2D eigenvalue weighted by Crippen LogP contribution is 2.40. The van der Waals surface area contributed by atoms with Crippen LogP contribution in [0.15, 0.2) is 41.4 Å². The van der Waals surface area contributed by atoms with Crippen molar-refractivity contribution in [2.45, 2.75) is 0 Å². The van der Waals surface area contributed by atoms with Gasteiger partial charge in [-0.05, 0) is 42.6 Å². The molecule has 2 aliphatic heterocycles. The Hall–Kier alpha value is -3.10. The van der Waals surface area contributed by atoms with Gasteiger partial charge in [-0.2, -0.15) is 0 Å². The number of nitrogens with zero attached hydrogens (tertiary/aromatic N) is 2. The van der Waals surface area contributed by atoms with Crippen molar-refractivity contribution >= 4 is 47.1 Å². The van der Waals surface area contributed by atoms with Crippen LogP contribution >= 0.6 is 23.6 Å². The van der Waals surface area contributed by atoms with Gasteiger partial charge in [0.05, 0.1) is 23.4 Å². The second-order valence-electron chi connectivity index (χ2n) is 6.17. The number of aromatic nitrogens is 1. The first-order valence-corrected chi connectivity index (χ1v) is 9.65. The SMILES string of the molecule is COc1ccc2c(c1)N=CC2=Cc1sc(=S)n(-c2ccc3c(c2)OCO3)c1O. The van der Waals surface area contributed by atoms with Gasteiger partial charge in [0.2, 0.25) is 12.7 Å². The molecule has 2 aliphatic rings. The van der Waals surface area contributed by atoms with E-state index in [9.17, 15) is 5.11 Å². The molecular formula is C20H14N2O4S2. The molecule has 0 fully saturated rings. The van der Waals surface area contributed by atoms with Gasteiger partial charge < -0.3 is 19.3 Å². The van der Waals surface area contributed by atoms with Crippen LogP contribution in [-0.4, -0.2) is 29.8 Å². The molecule has 1 N–H and O–H groups in total. The molecule has 0 saturated carbocycles. The summed E-state index contributed by atoms with van der Waals surface area (Å²) in [6, 6.07) is 11.2. The Morgan fingerprint density at radius 3 is 2.93 bits per heavy atom. The Labute approximate surface area is 169 Å². The molecule has 0 atom stereocenters. The van der Waals surface area contributed by atoms with Crippen LogP contribution in [0.25, 0.3) is 17.3 Å². The molecule has 0 saturated heterocycles. The summed E-state index contributed by atoms with van der Waals surface area (Å²) >= 11 is 6.82. The first kappa shape index (κ1) is 17.0. The number of benzene rings is 2. The minimum Gasteiger partial charge on any atom is -0.497 e. The van der Waals surface area contributed by atoms with E-state index in [1.807, 2.05) is 36.4 Å². The number of rotatable bonds is 3. The number of allylic oxidation sites excluding steroid dienone is 1. The minimum atomic E-state index is 0.0803. The van der Waals surface area contributed by atoms with E-state index in [2.05, 4.69) is 4.99 Å². The summed E-state index contributed by atoms with van der Waals surface area (Å²) < 4.78 is 18.2. The summed E-state index contributed by atoms with van der Waals surface area (Å²) in [4.78, 5) is 5.09. The van der Waals surface area contributed by atoms with Gasteiger partial charge >= 0.3 is 0 Å². The van der Waals surface area contributed by atoms with Gasteiger partial charge in [0, 0.05) is 29.5 Å². The summed E-state index contributed by atoms with van der Waals surface area (Å²) in [5, 5.41) is 10.8. The van der Waals surface area contributed by atoms with Crippen molar-refractivity contribution < 1.29 is 19.3 Å². The average molecular weight is 410 g/mol. The predicted molar refractivity (Wildman–Crippen MR) is 111 cm³/mol. The molecule has 0 unspecified atom stereocenters. The quantitative estimate of drug-likeness (QED) is 0.618. The van der Waals surface area contributed by atoms with Crippen molar-refractivity contribution in [3.63, 3.8) is 0 Å². The third-order valence-electron chi connectivity index (χ3n) is 4.57. The third kappa shape index (κ3) is 2.69. The molecule has 1 aromatic heterocycles. The van der Waals surface area contributed by atoms with Crippen molar-refractivity contribution in [1.29, 1.82) is 0 Å². The lowest BCUT2D eigenvalue weighted by molar-refractivity contribution is 0.174. The monoisotopic (exact) mass is 410 g/mol. The molecule has 5 rings (SSSR count). The molecule has 8 heteroatoms. The lowest BCUT2D eigenvalue weighted by Gasteiger charge is -2.06. The van der Waals surface area contributed by atoms with Crippen LogP contribution in [0, 0.1) is 3.95 Å². The Bertz CT molecular complexity index is 1220. The van der Waals surface area contributed by atoms with Gasteiger partial charge in [0.25, 0.3) is 0 Å². The van der Waals surface area contributed by atoms with Crippen molar-refractivity contribution in [3.8, 4) is 28.8 Å². The summed E-state index contributed by atoms with van der Waals surface area (Å²) in [7, 11) is 1.63. The number of hydrogen-bond acceptors (Lipinski definition) is 7. The number of methoxy groups -OCH3 is 1. The molecule has 0 bridgehead atoms. The number of thiazole rings is 1. The number of fused-ring (bicyclic) bond motifs is 2. The van der Waals surface area contributed by atoms with Gasteiger partial charge in [-0.1, -0.05) is 0 Å². The average Bonchev–Trinajstić information content (AvgIpc) is 3.39. The highest BCUT2D eigenvalue weighted by atomic mass is 32.1. The topological polar surface area (TPSA) is 65.2 Å². The molecule has 3 heterocycles. The van der Waals surface area contributed by atoms with Crippen LogP contribution < -0.4 is 14.2 Å². The Kier molecular flexibility index (Phi) is 3.96. The fourth-order valence-corrected chi connectivity index (χ4v) is 4.48. The standard InChI is InChI=1S/C20H14N2O4S2/c1-24-13-3-4-14-11(9-21-15(14)8-13)6-18-19(23)22(20(27)28-18)12-2-5-16-17(7-12)26-10-25-16/h2-9,23H,10H2,1H3. The van der Waals surface area contributed by atoms with Gasteiger partial charge in [-0.3, -0.25) is 9.56 Å². The summed E-state index contributed by atoms with van der Waals surface area (Å²) in [5.74, 6) is 2.15. The Balaban J connectivity index is 1.56. The molecule has 28 heavy (non-hydrogen) atoms. The normalized spacial score (nSPS) is 15.2. The van der Waals surface area contributed by atoms with Crippen LogP contribution in [-0.2, 0) is 0 Å². The molecule has 0 spiro atoms. The van der Waals surface area contributed by atoms with E-state index >= 15 is 0 Å². The molecule has 6 nitrogen and oxygen atoms in total. The van der Waals surface area contributed by atoms with Gasteiger partial charge in [0.15, 0.2) is 15.5 Å². The fourth-order valence-electron chi connectivity index (χ4n) is 3.18. The summed E-state index contributed by atoms with van der Waals surface area (Å²) in [6.45, 7) is 0.195. The van der Waals surface area contributed by atoms with E-state index < -0.39 is 0 Å². The summed E-state index contributed by atoms with van der Waals surface area (Å²) in [6.07, 6.45) is 3.66. The van der Waals surface area contributed by atoms with Crippen LogP contribution in [0.3, 0.4) is 0 Å². The van der Waals surface area contributed by atoms with Crippen LogP contribution in [0.5, 0.6) is 23.1 Å². The lowest BCUT2D eigenvalue weighted by atomic mass is 10.1. The molecule has 0 radical (unpaired) electrons. The van der Waals surface area contributed by atoms with Crippen molar-refractivity contribution in [3.05, 3.63) is 50.8 Å². The number of ether oxygens (including phenoxy) is 3. The van der Waals surface area contributed by atoms with E-state index in [1.165, 1.54) is 11.3 Å². The number of aromatic hydroxyl groups is 1. The predicted octanol–water partition coefficient (Wildman–Crippen LogP) is 4.97. The molecule has 140 valence electrons. The van der Waals surface area contributed by atoms with E-state index in [0.29, 0.717) is 20.3 Å². The lowest BCUT2D eigenvalue weighted by Crippen LogP contribution is -1.94. The highest BCUT2D eigenvalue weighted by molar-refractivity contribution is 7.73. The fraction of sp³-hybridized carbons (Fsp3) is 0.100. The van der Waals surface area contributed by atoms with E-state index in [4.69, 9.17) is 26.4 Å².